The first-order valence-corrected chi connectivity index (χ1v) is 8.81. The van der Waals surface area contributed by atoms with Crippen molar-refractivity contribution in [2.24, 2.45) is 5.92 Å². The SMILES string of the molecule is COc1cccc(CN(C)S(=O)(=O)N2CCC(C(=O)O)CC2)c1. The highest BCUT2D eigenvalue weighted by atomic mass is 32.2. The molecule has 0 amide bonds. The Morgan fingerprint density at radius 1 is 1.39 bits per heavy atom. The maximum atomic E-state index is 12.6. The van der Waals surface area contributed by atoms with Gasteiger partial charge in [0.25, 0.3) is 10.2 Å². The summed E-state index contributed by atoms with van der Waals surface area (Å²) in [6, 6.07) is 7.25. The molecule has 0 unspecified atom stereocenters. The highest BCUT2D eigenvalue weighted by molar-refractivity contribution is 7.86. The van der Waals surface area contributed by atoms with Gasteiger partial charge in [-0.1, -0.05) is 12.1 Å². The first-order chi connectivity index (χ1) is 10.8. The van der Waals surface area contributed by atoms with Crippen molar-refractivity contribution < 1.29 is 23.1 Å². The third-order valence-corrected chi connectivity index (χ3v) is 6.00. The average Bonchev–Trinajstić information content (AvgIpc) is 2.55. The van der Waals surface area contributed by atoms with Gasteiger partial charge in [0.2, 0.25) is 0 Å². The molecule has 7 nitrogen and oxygen atoms in total. The third kappa shape index (κ3) is 4.21. The number of carboxylic acids is 1. The van der Waals surface area contributed by atoms with Crippen LogP contribution in [0.3, 0.4) is 0 Å². The summed E-state index contributed by atoms with van der Waals surface area (Å²) in [4.78, 5) is 11.0. The van der Waals surface area contributed by atoms with E-state index in [0.29, 0.717) is 18.6 Å². The van der Waals surface area contributed by atoms with Crippen LogP contribution >= 0.6 is 0 Å². The standard InChI is InChI=1S/C15H22N2O5S/c1-16(11-12-4-3-5-14(10-12)22-2)23(20,21)17-8-6-13(7-9-17)15(18)19/h3-5,10,13H,6-9,11H2,1-2H3,(H,18,19). The van der Waals surface area contributed by atoms with Gasteiger partial charge in [-0.25, -0.2) is 0 Å². The lowest BCUT2D eigenvalue weighted by atomic mass is 9.99. The molecule has 1 saturated heterocycles. The zero-order chi connectivity index (χ0) is 17.0. The average molecular weight is 342 g/mol. The molecule has 0 bridgehead atoms. The van der Waals surface area contributed by atoms with Crippen LogP contribution in [0.5, 0.6) is 5.75 Å². The lowest BCUT2D eigenvalue weighted by Gasteiger charge is -2.32. The zero-order valence-electron chi connectivity index (χ0n) is 13.3. The largest absolute Gasteiger partial charge is 0.497 e. The topological polar surface area (TPSA) is 87.2 Å². The number of ether oxygens (including phenoxy) is 1. The van der Waals surface area contributed by atoms with E-state index in [4.69, 9.17) is 9.84 Å². The van der Waals surface area contributed by atoms with Crippen LogP contribution in [0, 0.1) is 5.92 Å². The molecule has 1 aliphatic rings. The number of rotatable bonds is 6. The molecule has 2 rings (SSSR count). The molecule has 0 aliphatic carbocycles. The van der Waals surface area contributed by atoms with Crippen molar-refractivity contribution >= 4 is 16.2 Å². The molecule has 23 heavy (non-hydrogen) atoms. The van der Waals surface area contributed by atoms with Gasteiger partial charge in [0.1, 0.15) is 5.75 Å². The molecule has 1 heterocycles. The Balaban J connectivity index is 2.03. The summed E-state index contributed by atoms with van der Waals surface area (Å²) in [5.41, 5.74) is 0.829. The minimum absolute atomic E-state index is 0.235. The lowest BCUT2D eigenvalue weighted by molar-refractivity contribution is -0.142. The maximum Gasteiger partial charge on any atom is 0.306 e. The van der Waals surface area contributed by atoms with Crippen LogP contribution < -0.4 is 4.74 Å². The van der Waals surface area contributed by atoms with Gasteiger partial charge in [0, 0.05) is 26.7 Å². The lowest BCUT2D eigenvalue weighted by Crippen LogP contribution is -2.46. The number of piperidine rings is 1. The quantitative estimate of drug-likeness (QED) is 0.838. The van der Waals surface area contributed by atoms with Crippen LogP contribution in [0.15, 0.2) is 24.3 Å². The van der Waals surface area contributed by atoms with E-state index in [1.807, 2.05) is 12.1 Å². The van der Waals surface area contributed by atoms with Crippen molar-refractivity contribution in [1.29, 1.82) is 0 Å². The van der Waals surface area contributed by atoms with Gasteiger partial charge in [0.05, 0.1) is 13.0 Å². The smallest absolute Gasteiger partial charge is 0.306 e. The molecule has 1 aromatic carbocycles. The predicted molar refractivity (Wildman–Crippen MR) is 85.3 cm³/mol. The Morgan fingerprint density at radius 2 is 2.04 bits per heavy atom. The molecule has 0 radical (unpaired) electrons. The van der Waals surface area contributed by atoms with Gasteiger partial charge in [-0.05, 0) is 30.5 Å². The van der Waals surface area contributed by atoms with Crippen LogP contribution in [0.25, 0.3) is 0 Å². The summed E-state index contributed by atoms with van der Waals surface area (Å²) < 4.78 is 33.0. The Labute approximate surface area is 136 Å². The molecule has 0 saturated carbocycles. The van der Waals surface area contributed by atoms with Crippen molar-refractivity contribution in [2.75, 3.05) is 27.2 Å². The number of methoxy groups -OCH3 is 1. The van der Waals surface area contributed by atoms with E-state index in [9.17, 15) is 13.2 Å². The second-order valence-electron chi connectivity index (χ2n) is 5.63. The molecule has 0 spiro atoms. The molecule has 1 aromatic rings. The molecular formula is C15H22N2O5S. The van der Waals surface area contributed by atoms with Crippen molar-refractivity contribution in [3.05, 3.63) is 29.8 Å². The first-order valence-electron chi connectivity index (χ1n) is 7.41. The summed E-state index contributed by atoms with van der Waals surface area (Å²) in [6.07, 6.45) is 0.698. The van der Waals surface area contributed by atoms with E-state index < -0.39 is 22.1 Å². The summed E-state index contributed by atoms with van der Waals surface area (Å²) in [5.74, 6) is -0.632. The fourth-order valence-electron chi connectivity index (χ4n) is 2.64. The minimum atomic E-state index is -3.60. The van der Waals surface area contributed by atoms with Crippen molar-refractivity contribution in [2.45, 2.75) is 19.4 Å². The number of hydrogen-bond acceptors (Lipinski definition) is 4. The van der Waals surface area contributed by atoms with E-state index in [1.165, 1.54) is 15.7 Å². The van der Waals surface area contributed by atoms with Crippen LogP contribution in [-0.2, 0) is 21.5 Å². The van der Waals surface area contributed by atoms with Gasteiger partial charge >= 0.3 is 5.97 Å². The summed E-state index contributed by atoms with van der Waals surface area (Å²) in [7, 11) is -0.508. The Morgan fingerprint density at radius 3 is 2.61 bits per heavy atom. The second kappa shape index (κ2) is 7.29. The summed E-state index contributed by atoms with van der Waals surface area (Å²) in [5, 5.41) is 8.99. The number of carbonyl (C=O) groups is 1. The summed E-state index contributed by atoms with van der Waals surface area (Å²) >= 11 is 0. The van der Waals surface area contributed by atoms with Gasteiger partial charge < -0.3 is 9.84 Å². The van der Waals surface area contributed by atoms with Crippen LogP contribution in [0.4, 0.5) is 0 Å². The summed E-state index contributed by atoms with van der Waals surface area (Å²) in [6.45, 7) is 0.710. The van der Waals surface area contributed by atoms with Gasteiger partial charge in [0.15, 0.2) is 0 Å². The minimum Gasteiger partial charge on any atom is -0.497 e. The van der Waals surface area contributed by atoms with E-state index in [1.54, 1.807) is 19.2 Å². The number of hydrogen-bond donors (Lipinski definition) is 1. The van der Waals surface area contributed by atoms with E-state index in [0.717, 1.165) is 5.56 Å². The second-order valence-corrected chi connectivity index (χ2v) is 7.66. The zero-order valence-corrected chi connectivity index (χ0v) is 14.1. The molecule has 8 heteroatoms. The first kappa shape index (κ1) is 17.7. The molecule has 1 N–H and O–H groups in total. The predicted octanol–water partition coefficient (Wildman–Crippen LogP) is 1.17. The van der Waals surface area contributed by atoms with E-state index >= 15 is 0 Å². The van der Waals surface area contributed by atoms with Gasteiger partial charge in [-0.15, -0.1) is 0 Å². The Bertz CT molecular complexity index is 654. The monoisotopic (exact) mass is 342 g/mol. The number of nitrogens with zero attached hydrogens (tertiary/aromatic N) is 2. The Kier molecular flexibility index (Phi) is 5.61. The number of aliphatic carboxylic acids is 1. The van der Waals surface area contributed by atoms with Gasteiger partial charge in [-0.3, -0.25) is 4.79 Å². The van der Waals surface area contributed by atoms with Crippen molar-refractivity contribution in [3.8, 4) is 5.75 Å². The highest BCUT2D eigenvalue weighted by Gasteiger charge is 2.33. The van der Waals surface area contributed by atoms with Crippen LogP contribution in [-0.4, -0.2) is 55.4 Å². The van der Waals surface area contributed by atoms with E-state index in [2.05, 4.69) is 0 Å². The normalized spacial score (nSPS) is 17.3. The highest BCUT2D eigenvalue weighted by Crippen LogP contribution is 2.22. The van der Waals surface area contributed by atoms with Crippen molar-refractivity contribution in [3.63, 3.8) is 0 Å². The third-order valence-electron chi connectivity index (χ3n) is 4.06. The maximum absolute atomic E-state index is 12.6. The molecule has 0 aromatic heterocycles. The van der Waals surface area contributed by atoms with Gasteiger partial charge in [-0.2, -0.15) is 17.0 Å². The fourth-order valence-corrected chi connectivity index (χ4v) is 4.02. The Hall–Kier alpha value is -1.64. The van der Waals surface area contributed by atoms with Crippen molar-refractivity contribution in [1.82, 2.24) is 8.61 Å². The molecule has 128 valence electrons. The molecule has 1 aliphatic heterocycles. The molecule has 0 atom stereocenters. The molecule has 1 fully saturated rings. The number of benzene rings is 1. The van der Waals surface area contributed by atoms with Crippen LogP contribution in [0.1, 0.15) is 18.4 Å². The fraction of sp³-hybridized carbons (Fsp3) is 0.533. The van der Waals surface area contributed by atoms with E-state index in [-0.39, 0.29) is 19.6 Å². The number of carboxylic acid groups (broad SMARTS) is 1. The molecular weight excluding hydrogens is 320 g/mol. The van der Waals surface area contributed by atoms with Crippen LogP contribution in [0.2, 0.25) is 0 Å².